The second-order valence-corrected chi connectivity index (χ2v) is 5.88. The fourth-order valence-electron chi connectivity index (χ4n) is 2.87. The third-order valence-electron chi connectivity index (χ3n) is 3.92. The van der Waals surface area contributed by atoms with Crippen LogP contribution in [0.2, 0.25) is 0 Å². The zero-order valence-electron chi connectivity index (χ0n) is 12.5. The Bertz CT molecular complexity index is 433. The van der Waals surface area contributed by atoms with Gasteiger partial charge in [0.05, 0.1) is 6.04 Å². The number of amides is 1. The normalized spacial score (nSPS) is 20.9. The number of carbonyl (C=O) groups is 1. The molecule has 0 aliphatic carbocycles. The maximum absolute atomic E-state index is 11.8. The van der Waals surface area contributed by atoms with E-state index in [4.69, 9.17) is 5.73 Å². The Balaban J connectivity index is 1.79. The number of benzene rings is 1. The lowest BCUT2D eigenvalue weighted by molar-refractivity contribution is -0.131. The zero-order valence-corrected chi connectivity index (χ0v) is 12.5. The van der Waals surface area contributed by atoms with E-state index in [2.05, 4.69) is 29.2 Å². The first-order valence-electron chi connectivity index (χ1n) is 7.33. The quantitative estimate of drug-likeness (QED) is 0.881. The number of likely N-dealkylation sites (N-methyl/N-ethyl adjacent to an activating group) is 1. The summed E-state index contributed by atoms with van der Waals surface area (Å²) in [5.41, 5.74) is 6.99. The topological polar surface area (TPSA) is 49.6 Å². The fourth-order valence-corrected chi connectivity index (χ4v) is 2.87. The van der Waals surface area contributed by atoms with Gasteiger partial charge in [-0.1, -0.05) is 30.3 Å². The number of nitrogens with two attached hydrogens (primary N) is 1. The van der Waals surface area contributed by atoms with Gasteiger partial charge in [-0.25, -0.2) is 0 Å². The lowest BCUT2D eigenvalue weighted by Gasteiger charge is -2.23. The number of hydrogen-bond donors (Lipinski definition) is 1. The van der Waals surface area contributed by atoms with Crippen molar-refractivity contribution in [2.75, 3.05) is 26.7 Å². The van der Waals surface area contributed by atoms with Crippen molar-refractivity contribution in [1.82, 2.24) is 9.80 Å². The lowest BCUT2D eigenvalue weighted by atomic mass is 10.1. The van der Waals surface area contributed by atoms with Gasteiger partial charge in [-0.2, -0.15) is 0 Å². The predicted octanol–water partition coefficient (Wildman–Crippen LogP) is 1.31. The highest BCUT2D eigenvalue weighted by atomic mass is 16.2. The van der Waals surface area contributed by atoms with Gasteiger partial charge < -0.3 is 10.6 Å². The van der Waals surface area contributed by atoms with Gasteiger partial charge in [0.15, 0.2) is 0 Å². The molecule has 0 saturated carbocycles. The molecule has 2 rings (SSSR count). The van der Waals surface area contributed by atoms with Gasteiger partial charge in [-0.15, -0.1) is 0 Å². The molecule has 4 heteroatoms. The molecule has 2 N–H and O–H groups in total. The summed E-state index contributed by atoms with van der Waals surface area (Å²) in [5, 5.41) is 0. The molecular formula is C16H25N3O. The van der Waals surface area contributed by atoms with Crippen LogP contribution < -0.4 is 5.73 Å². The van der Waals surface area contributed by atoms with E-state index in [1.54, 1.807) is 11.8 Å². The second-order valence-electron chi connectivity index (χ2n) is 5.88. The predicted molar refractivity (Wildman–Crippen MR) is 81.1 cm³/mol. The molecule has 1 saturated heterocycles. The maximum Gasteiger partial charge on any atom is 0.238 e. The Hall–Kier alpha value is -1.39. The van der Waals surface area contributed by atoms with E-state index in [-0.39, 0.29) is 5.91 Å². The molecule has 4 nitrogen and oxygen atoms in total. The summed E-state index contributed by atoms with van der Waals surface area (Å²) >= 11 is 0. The van der Waals surface area contributed by atoms with Gasteiger partial charge >= 0.3 is 0 Å². The summed E-state index contributed by atoms with van der Waals surface area (Å²) in [6, 6.07) is 10.1. The van der Waals surface area contributed by atoms with E-state index in [0.717, 1.165) is 32.6 Å². The van der Waals surface area contributed by atoms with E-state index in [1.165, 1.54) is 5.56 Å². The van der Waals surface area contributed by atoms with Crippen LogP contribution in [-0.2, 0) is 11.3 Å². The molecule has 2 atom stereocenters. The van der Waals surface area contributed by atoms with E-state index < -0.39 is 6.04 Å². The molecule has 1 aliphatic heterocycles. The molecule has 1 heterocycles. The van der Waals surface area contributed by atoms with Crippen LogP contribution in [0.25, 0.3) is 0 Å². The smallest absolute Gasteiger partial charge is 0.238 e. The molecule has 1 fully saturated rings. The fraction of sp³-hybridized carbons (Fsp3) is 0.562. The Morgan fingerprint density at radius 1 is 1.45 bits per heavy atom. The van der Waals surface area contributed by atoms with Gasteiger partial charge in [-0.05, 0) is 31.4 Å². The van der Waals surface area contributed by atoms with Crippen molar-refractivity contribution in [3.63, 3.8) is 0 Å². The van der Waals surface area contributed by atoms with Crippen LogP contribution in [0.4, 0.5) is 0 Å². The first-order chi connectivity index (χ1) is 9.56. The minimum atomic E-state index is -0.401. The molecule has 2 unspecified atom stereocenters. The average Bonchev–Trinajstić information content (AvgIpc) is 2.86. The van der Waals surface area contributed by atoms with Crippen LogP contribution in [-0.4, -0.2) is 48.4 Å². The van der Waals surface area contributed by atoms with Crippen molar-refractivity contribution in [3.05, 3.63) is 35.9 Å². The minimum Gasteiger partial charge on any atom is -0.344 e. The highest BCUT2D eigenvalue weighted by Gasteiger charge is 2.25. The molecule has 1 aromatic rings. The van der Waals surface area contributed by atoms with Crippen LogP contribution in [0.15, 0.2) is 30.3 Å². The molecular weight excluding hydrogens is 250 g/mol. The molecule has 1 aromatic carbocycles. The number of hydrogen-bond acceptors (Lipinski definition) is 3. The molecule has 0 radical (unpaired) electrons. The Morgan fingerprint density at radius 3 is 2.80 bits per heavy atom. The van der Waals surface area contributed by atoms with Gasteiger partial charge in [0.2, 0.25) is 5.91 Å². The largest absolute Gasteiger partial charge is 0.344 e. The first-order valence-corrected chi connectivity index (χ1v) is 7.33. The lowest BCUT2D eigenvalue weighted by Crippen LogP contribution is -2.42. The van der Waals surface area contributed by atoms with Crippen molar-refractivity contribution in [2.45, 2.75) is 25.9 Å². The molecule has 20 heavy (non-hydrogen) atoms. The molecule has 1 amide bonds. The van der Waals surface area contributed by atoms with Gasteiger partial charge in [0, 0.05) is 26.7 Å². The van der Waals surface area contributed by atoms with Crippen molar-refractivity contribution < 1.29 is 4.79 Å². The summed E-state index contributed by atoms with van der Waals surface area (Å²) < 4.78 is 0. The zero-order chi connectivity index (χ0) is 14.5. The third kappa shape index (κ3) is 4.05. The third-order valence-corrected chi connectivity index (χ3v) is 3.92. The van der Waals surface area contributed by atoms with Crippen LogP contribution in [0.5, 0.6) is 0 Å². The highest BCUT2D eigenvalue weighted by Crippen LogP contribution is 2.19. The minimum absolute atomic E-state index is 0.0338. The standard InChI is InChI=1S/C16H25N3O/c1-13(17)16(20)18(2)10-15-8-9-19(12-15)11-14-6-4-3-5-7-14/h3-7,13,15H,8-12,17H2,1-2H3. The van der Waals surface area contributed by atoms with E-state index in [0.29, 0.717) is 5.92 Å². The van der Waals surface area contributed by atoms with Gasteiger partial charge in [0.1, 0.15) is 0 Å². The Morgan fingerprint density at radius 2 is 2.15 bits per heavy atom. The maximum atomic E-state index is 11.8. The molecule has 0 bridgehead atoms. The summed E-state index contributed by atoms with van der Waals surface area (Å²) in [6.07, 6.45) is 1.16. The molecule has 0 spiro atoms. The van der Waals surface area contributed by atoms with Crippen molar-refractivity contribution in [3.8, 4) is 0 Å². The number of carbonyl (C=O) groups excluding carboxylic acids is 1. The number of likely N-dealkylation sites (tertiary alicyclic amines) is 1. The van der Waals surface area contributed by atoms with Gasteiger partial charge in [0.25, 0.3) is 0 Å². The van der Waals surface area contributed by atoms with Gasteiger partial charge in [-0.3, -0.25) is 9.69 Å². The van der Waals surface area contributed by atoms with Crippen molar-refractivity contribution >= 4 is 5.91 Å². The monoisotopic (exact) mass is 275 g/mol. The number of nitrogens with zero attached hydrogens (tertiary/aromatic N) is 2. The van der Waals surface area contributed by atoms with Crippen LogP contribution in [0.1, 0.15) is 18.9 Å². The van der Waals surface area contributed by atoms with Crippen LogP contribution >= 0.6 is 0 Å². The Labute approximate surface area is 121 Å². The summed E-state index contributed by atoms with van der Waals surface area (Å²) in [7, 11) is 1.85. The van der Waals surface area contributed by atoms with Crippen LogP contribution in [0.3, 0.4) is 0 Å². The summed E-state index contributed by atoms with van der Waals surface area (Å²) in [4.78, 5) is 16.0. The molecule has 0 aromatic heterocycles. The molecule has 1 aliphatic rings. The molecule has 110 valence electrons. The second kappa shape index (κ2) is 6.86. The van der Waals surface area contributed by atoms with Crippen molar-refractivity contribution in [2.24, 2.45) is 11.7 Å². The van der Waals surface area contributed by atoms with E-state index in [9.17, 15) is 4.79 Å². The highest BCUT2D eigenvalue weighted by molar-refractivity contribution is 5.80. The van der Waals surface area contributed by atoms with Crippen molar-refractivity contribution in [1.29, 1.82) is 0 Å². The van der Waals surface area contributed by atoms with E-state index in [1.807, 2.05) is 13.1 Å². The summed E-state index contributed by atoms with van der Waals surface area (Å²) in [5.74, 6) is 0.595. The summed E-state index contributed by atoms with van der Waals surface area (Å²) in [6.45, 7) is 5.73. The van der Waals surface area contributed by atoms with E-state index >= 15 is 0 Å². The van der Waals surface area contributed by atoms with Crippen LogP contribution in [0, 0.1) is 5.92 Å². The Kier molecular flexibility index (Phi) is 5.15. The first kappa shape index (κ1) is 15.0. The SMILES string of the molecule is CC(N)C(=O)N(C)CC1CCN(Cc2ccccc2)C1. The average molecular weight is 275 g/mol. The number of rotatable bonds is 5.